The molecule has 0 aliphatic carbocycles. The first-order valence-electron chi connectivity index (χ1n) is 7.67. The van der Waals surface area contributed by atoms with Gasteiger partial charge in [-0.05, 0) is 35.7 Å². The van der Waals surface area contributed by atoms with Crippen molar-refractivity contribution in [3.05, 3.63) is 70.8 Å². The fourth-order valence-electron chi connectivity index (χ4n) is 2.27. The number of hydrogen-bond acceptors (Lipinski definition) is 4. The minimum Gasteiger partial charge on any atom is -0.387 e. The number of carbonyl (C=O) groups excluding carboxylic acids is 1. The van der Waals surface area contributed by atoms with Crippen molar-refractivity contribution in [2.45, 2.75) is 18.8 Å². The molecule has 0 heterocycles. The molecule has 0 spiro atoms. The summed E-state index contributed by atoms with van der Waals surface area (Å²) in [6, 6.07) is 17.0. The van der Waals surface area contributed by atoms with Gasteiger partial charge in [0.15, 0.2) is 0 Å². The number of aliphatic hydroxyl groups excluding tert-OH is 1. The minimum atomic E-state index is -0.696. The van der Waals surface area contributed by atoms with Gasteiger partial charge in [0.2, 0.25) is 5.91 Å². The van der Waals surface area contributed by atoms with Gasteiger partial charge < -0.3 is 10.4 Å². The van der Waals surface area contributed by atoms with Gasteiger partial charge in [-0.2, -0.15) is 5.26 Å². The lowest BCUT2D eigenvalue weighted by Crippen LogP contribution is -2.30. The summed E-state index contributed by atoms with van der Waals surface area (Å²) < 4.78 is 0. The molecule has 1 unspecified atom stereocenters. The van der Waals surface area contributed by atoms with Gasteiger partial charge in [-0.1, -0.05) is 36.4 Å². The van der Waals surface area contributed by atoms with E-state index in [1.165, 1.54) is 11.8 Å². The predicted octanol–water partition coefficient (Wildman–Crippen LogP) is 2.95. The number of nitrogens with zero attached hydrogens (tertiary/aromatic N) is 1. The van der Waals surface area contributed by atoms with Crippen molar-refractivity contribution in [2.75, 3.05) is 12.3 Å². The van der Waals surface area contributed by atoms with E-state index >= 15 is 0 Å². The van der Waals surface area contributed by atoms with E-state index in [4.69, 9.17) is 5.26 Å². The van der Waals surface area contributed by atoms with Crippen molar-refractivity contribution in [3.8, 4) is 6.07 Å². The third-order valence-electron chi connectivity index (χ3n) is 3.62. The third-order valence-corrected chi connectivity index (χ3v) is 4.63. The Kier molecular flexibility index (Phi) is 6.86. The zero-order valence-corrected chi connectivity index (χ0v) is 14.3. The van der Waals surface area contributed by atoms with Crippen molar-refractivity contribution < 1.29 is 9.90 Å². The number of aryl methyl sites for hydroxylation is 1. The standard InChI is InChI=1S/C19H20N2O2S/c1-14-4-2-3-5-17(14)18(22)11-21-19(23)13-24-12-16-8-6-15(10-20)7-9-16/h2-9,18,22H,11-13H2,1H3,(H,21,23). The Morgan fingerprint density at radius 1 is 1.25 bits per heavy atom. The molecule has 2 N–H and O–H groups in total. The van der Waals surface area contributed by atoms with Crippen molar-refractivity contribution in [1.29, 1.82) is 5.26 Å². The Bertz CT molecular complexity index is 723. The lowest BCUT2D eigenvalue weighted by atomic mass is 10.0. The van der Waals surface area contributed by atoms with Gasteiger partial charge in [-0.15, -0.1) is 11.8 Å². The van der Waals surface area contributed by atoms with Crippen molar-refractivity contribution in [2.24, 2.45) is 0 Å². The maximum atomic E-state index is 11.9. The number of nitriles is 1. The van der Waals surface area contributed by atoms with Crippen LogP contribution in [0.25, 0.3) is 0 Å². The Morgan fingerprint density at radius 2 is 1.96 bits per heavy atom. The second kappa shape index (κ2) is 9.11. The molecule has 0 fully saturated rings. The molecule has 0 aliphatic rings. The van der Waals surface area contributed by atoms with Crippen LogP contribution in [0, 0.1) is 18.3 Å². The molecule has 24 heavy (non-hydrogen) atoms. The largest absolute Gasteiger partial charge is 0.387 e. The van der Waals surface area contributed by atoms with E-state index in [0.717, 1.165) is 16.7 Å². The van der Waals surface area contributed by atoms with Crippen LogP contribution in [0.2, 0.25) is 0 Å². The molecule has 2 aromatic rings. The second-order valence-electron chi connectivity index (χ2n) is 5.48. The van der Waals surface area contributed by atoms with E-state index in [2.05, 4.69) is 11.4 Å². The first-order valence-corrected chi connectivity index (χ1v) is 8.82. The van der Waals surface area contributed by atoms with Gasteiger partial charge in [-0.3, -0.25) is 4.79 Å². The first kappa shape index (κ1) is 18.1. The molecule has 0 radical (unpaired) electrons. The van der Waals surface area contributed by atoms with E-state index in [9.17, 15) is 9.90 Å². The summed E-state index contributed by atoms with van der Waals surface area (Å²) in [6.07, 6.45) is -0.696. The summed E-state index contributed by atoms with van der Waals surface area (Å²) in [6.45, 7) is 2.15. The van der Waals surface area contributed by atoms with Gasteiger partial charge in [0.05, 0.1) is 23.5 Å². The van der Waals surface area contributed by atoms with Crippen molar-refractivity contribution >= 4 is 17.7 Å². The van der Waals surface area contributed by atoms with E-state index in [1.54, 1.807) is 12.1 Å². The second-order valence-corrected chi connectivity index (χ2v) is 6.46. The number of nitrogens with one attached hydrogen (secondary N) is 1. The van der Waals surface area contributed by atoms with Crippen molar-refractivity contribution in [3.63, 3.8) is 0 Å². The van der Waals surface area contributed by atoms with Crippen LogP contribution in [0.3, 0.4) is 0 Å². The predicted molar refractivity (Wildman–Crippen MR) is 96.5 cm³/mol. The van der Waals surface area contributed by atoms with E-state index in [1.807, 2.05) is 43.3 Å². The van der Waals surface area contributed by atoms with Crippen LogP contribution in [0.4, 0.5) is 0 Å². The van der Waals surface area contributed by atoms with E-state index < -0.39 is 6.10 Å². The molecule has 2 rings (SSSR count). The zero-order chi connectivity index (χ0) is 17.4. The summed E-state index contributed by atoms with van der Waals surface area (Å²) >= 11 is 1.50. The van der Waals surface area contributed by atoms with Gasteiger partial charge in [0, 0.05) is 12.3 Å². The number of hydrogen-bond donors (Lipinski definition) is 2. The Hall–Kier alpha value is -2.29. The lowest BCUT2D eigenvalue weighted by Gasteiger charge is -2.14. The number of aliphatic hydroxyl groups is 1. The summed E-state index contributed by atoms with van der Waals surface area (Å²) in [5.74, 6) is 0.946. The number of carbonyl (C=O) groups is 1. The Balaban J connectivity index is 1.71. The molecular formula is C19H20N2O2S. The van der Waals surface area contributed by atoms with E-state index in [0.29, 0.717) is 17.1 Å². The summed E-state index contributed by atoms with van der Waals surface area (Å²) in [7, 11) is 0. The highest BCUT2D eigenvalue weighted by Crippen LogP contribution is 2.16. The maximum Gasteiger partial charge on any atom is 0.230 e. The smallest absolute Gasteiger partial charge is 0.230 e. The molecule has 4 nitrogen and oxygen atoms in total. The van der Waals surface area contributed by atoms with Gasteiger partial charge in [0.1, 0.15) is 0 Å². The van der Waals surface area contributed by atoms with E-state index in [-0.39, 0.29) is 12.5 Å². The molecule has 1 amide bonds. The molecule has 0 bridgehead atoms. The first-order chi connectivity index (χ1) is 11.6. The normalized spacial score (nSPS) is 11.5. The number of amides is 1. The average Bonchev–Trinajstić information content (AvgIpc) is 2.60. The van der Waals surface area contributed by atoms with Gasteiger partial charge in [0.25, 0.3) is 0 Å². The zero-order valence-electron chi connectivity index (χ0n) is 13.5. The SMILES string of the molecule is Cc1ccccc1C(O)CNC(=O)CSCc1ccc(C#N)cc1. The number of rotatable bonds is 7. The van der Waals surface area contributed by atoms with Crippen LogP contribution < -0.4 is 5.32 Å². The molecule has 2 aromatic carbocycles. The van der Waals surface area contributed by atoms with Crippen LogP contribution in [0.1, 0.15) is 28.4 Å². The van der Waals surface area contributed by atoms with Crippen LogP contribution in [-0.2, 0) is 10.5 Å². The molecule has 0 saturated carbocycles. The minimum absolute atomic E-state index is 0.0960. The van der Waals surface area contributed by atoms with Crippen molar-refractivity contribution in [1.82, 2.24) is 5.32 Å². The molecule has 0 aliphatic heterocycles. The fraction of sp³-hybridized carbons (Fsp3) is 0.263. The average molecular weight is 340 g/mol. The van der Waals surface area contributed by atoms with Crippen LogP contribution in [0.5, 0.6) is 0 Å². The van der Waals surface area contributed by atoms with Crippen LogP contribution in [-0.4, -0.2) is 23.3 Å². The fourth-order valence-corrected chi connectivity index (χ4v) is 3.09. The molecular weight excluding hydrogens is 320 g/mol. The molecule has 0 saturated heterocycles. The lowest BCUT2D eigenvalue weighted by molar-refractivity contribution is -0.119. The summed E-state index contributed by atoms with van der Waals surface area (Å²) in [5, 5.41) is 21.7. The summed E-state index contributed by atoms with van der Waals surface area (Å²) in [4.78, 5) is 11.9. The summed E-state index contributed by atoms with van der Waals surface area (Å²) in [5.41, 5.74) is 3.55. The molecule has 1 atom stereocenters. The molecule has 5 heteroatoms. The molecule has 0 aromatic heterocycles. The quantitative estimate of drug-likeness (QED) is 0.813. The molecule has 124 valence electrons. The maximum absolute atomic E-state index is 11.9. The highest BCUT2D eigenvalue weighted by atomic mass is 32.2. The van der Waals surface area contributed by atoms with Crippen LogP contribution in [0.15, 0.2) is 48.5 Å². The van der Waals surface area contributed by atoms with Gasteiger partial charge in [-0.25, -0.2) is 0 Å². The van der Waals surface area contributed by atoms with Crippen LogP contribution >= 0.6 is 11.8 Å². The highest BCUT2D eigenvalue weighted by molar-refractivity contribution is 7.99. The number of benzene rings is 2. The van der Waals surface area contributed by atoms with Gasteiger partial charge >= 0.3 is 0 Å². The number of thioether (sulfide) groups is 1. The monoisotopic (exact) mass is 340 g/mol. The Labute approximate surface area is 146 Å². The Morgan fingerprint density at radius 3 is 2.62 bits per heavy atom. The third kappa shape index (κ3) is 5.41. The topological polar surface area (TPSA) is 73.1 Å². The highest BCUT2D eigenvalue weighted by Gasteiger charge is 2.11.